The molecule has 10 rings (SSSR count). The van der Waals surface area contributed by atoms with E-state index in [1.165, 1.54) is 7.11 Å². The number of imide groups is 1. The number of aliphatic hydroxyl groups is 1. The van der Waals surface area contributed by atoms with E-state index < -0.39 is 65.5 Å². The van der Waals surface area contributed by atoms with Crippen LogP contribution < -0.4 is 30.2 Å². The predicted molar refractivity (Wildman–Crippen MR) is 263 cm³/mol. The smallest absolute Gasteiger partial charge is 0.421 e. The Labute approximate surface area is 421 Å². The summed E-state index contributed by atoms with van der Waals surface area (Å²) in [6.07, 6.45) is -1.94. The van der Waals surface area contributed by atoms with Crippen LogP contribution >= 0.6 is 0 Å². The number of amides is 5. The molecule has 0 bridgehead atoms. The number of cyclic esters (lactones) is 1. The molecule has 3 saturated heterocycles. The predicted octanol–water partition coefficient (Wildman–Crippen LogP) is 4.60. The van der Waals surface area contributed by atoms with Crippen molar-refractivity contribution in [2.75, 3.05) is 78.0 Å². The van der Waals surface area contributed by atoms with Crippen molar-refractivity contribution in [2.45, 2.75) is 36.2 Å². The van der Waals surface area contributed by atoms with Crippen LogP contribution in [0.1, 0.15) is 51.6 Å². The largest absolute Gasteiger partial charge is 0.491 e. The molecule has 18 heteroatoms. The van der Waals surface area contributed by atoms with Gasteiger partial charge in [0.15, 0.2) is 11.5 Å². The van der Waals surface area contributed by atoms with Gasteiger partial charge < -0.3 is 49.5 Å². The molecule has 0 radical (unpaired) electrons. The fourth-order valence-corrected chi connectivity index (χ4v) is 11.0. The van der Waals surface area contributed by atoms with Crippen molar-refractivity contribution in [3.8, 4) is 29.1 Å². The van der Waals surface area contributed by atoms with Gasteiger partial charge in [-0.15, -0.1) is 0 Å². The van der Waals surface area contributed by atoms with Gasteiger partial charge in [-0.3, -0.25) is 24.2 Å². The number of nitrogens with two attached hydrogens (primary N) is 1. The van der Waals surface area contributed by atoms with Crippen LogP contribution in [-0.2, 0) is 40.6 Å². The van der Waals surface area contributed by atoms with Crippen molar-refractivity contribution in [3.05, 3.63) is 155 Å². The minimum absolute atomic E-state index is 0.0207. The zero-order valence-electron chi connectivity index (χ0n) is 40.0. The van der Waals surface area contributed by atoms with E-state index in [0.29, 0.717) is 53.6 Å². The average molecular weight is 991 g/mol. The molecule has 376 valence electrons. The van der Waals surface area contributed by atoms with Gasteiger partial charge in [-0.1, -0.05) is 90.7 Å². The third-order valence-electron chi connectivity index (χ3n) is 14.1. The van der Waals surface area contributed by atoms with Gasteiger partial charge in [0.05, 0.1) is 43.4 Å². The number of carbonyl (C=O) groups is 5. The number of aliphatic hydroxyl groups excluding tert-OH is 1. The van der Waals surface area contributed by atoms with Crippen molar-refractivity contribution < 1.29 is 57.5 Å². The molecule has 4 N–H and O–H groups in total. The van der Waals surface area contributed by atoms with E-state index >= 15 is 14.4 Å². The number of ether oxygens (including phenoxy) is 6. The minimum Gasteiger partial charge on any atom is -0.491 e. The number of nitrogens with one attached hydrogen (secondary N) is 1. The van der Waals surface area contributed by atoms with E-state index in [-0.39, 0.29) is 64.1 Å². The number of esters is 1. The molecule has 5 aromatic carbocycles. The van der Waals surface area contributed by atoms with E-state index in [9.17, 15) is 14.7 Å². The first kappa shape index (κ1) is 48.7. The summed E-state index contributed by atoms with van der Waals surface area (Å²) >= 11 is 0. The van der Waals surface area contributed by atoms with E-state index in [2.05, 4.69) is 22.1 Å². The molecule has 3 fully saturated rings. The van der Waals surface area contributed by atoms with E-state index in [1.807, 2.05) is 83.8 Å². The number of benzene rings is 5. The summed E-state index contributed by atoms with van der Waals surface area (Å²) in [6.45, 7) is 1.68. The highest BCUT2D eigenvalue weighted by molar-refractivity contribution is 6.23. The van der Waals surface area contributed by atoms with Crippen LogP contribution in [0.25, 0.3) is 0 Å². The number of primary amides is 1. The molecule has 73 heavy (non-hydrogen) atoms. The van der Waals surface area contributed by atoms with Crippen LogP contribution in [0.2, 0.25) is 0 Å². The van der Waals surface area contributed by atoms with Crippen molar-refractivity contribution in [2.24, 2.45) is 11.7 Å². The Hall–Kier alpha value is -7.95. The SMILES string of the molecule is COCCOC(=O)N1C(=O)C2(c3cc(C#CCNC(N)=O)ccc31)C(C(=O)N1CCN(Cc3ccc4c(c3)OCO4)CC1)C1C(=O)OC(c3ccccc3)C(c3ccccc3)N1C2c1ccc(OCCO)cc1. The summed E-state index contributed by atoms with van der Waals surface area (Å²) < 4.78 is 34.6. The fourth-order valence-electron chi connectivity index (χ4n) is 11.0. The summed E-state index contributed by atoms with van der Waals surface area (Å²) in [4.78, 5) is 81.5. The Bertz CT molecular complexity index is 2940. The number of morpholine rings is 1. The van der Waals surface area contributed by atoms with E-state index in [0.717, 1.165) is 16.0 Å². The molecule has 5 amide bonds. The summed E-state index contributed by atoms with van der Waals surface area (Å²) in [5, 5.41) is 12.1. The second-order valence-corrected chi connectivity index (χ2v) is 18.2. The van der Waals surface area contributed by atoms with Crippen LogP contribution in [0, 0.1) is 17.8 Å². The number of fused-ring (bicyclic) bond motifs is 4. The van der Waals surface area contributed by atoms with Gasteiger partial charge in [0.1, 0.15) is 36.5 Å². The molecule has 6 atom stereocenters. The Morgan fingerprint density at radius 3 is 2.25 bits per heavy atom. The maximum atomic E-state index is 16.5. The zero-order chi connectivity index (χ0) is 50.6. The average Bonchev–Trinajstić information content (AvgIpc) is 4.10. The van der Waals surface area contributed by atoms with Crippen LogP contribution in [0.3, 0.4) is 0 Å². The summed E-state index contributed by atoms with van der Waals surface area (Å²) in [5.41, 5.74) is 7.00. The Kier molecular flexibility index (Phi) is 14.0. The topological polar surface area (TPSA) is 212 Å². The third kappa shape index (κ3) is 9.16. The lowest BCUT2D eigenvalue weighted by atomic mass is 9.65. The monoisotopic (exact) mass is 990 g/mol. The molecule has 0 aliphatic carbocycles. The molecule has 5 aliphatic rings. The van der Waals surface area contributed by atoms with Crippen LogP contribution in [-0.4, -0.2) is 129 Å². The molecule has 5 aromatic rings. The molecule has 6 unspecified atom stereocenters. The van der Waals surface area contributed by atoms with Gasteiger partial charge in [0.25, 0.3) is 0 Å². The number of carbonyl (C=O) groups excluding carboxylic acids is 5. The zero-order valence-corrected chi connectivity index (χ0v) is 40.0. The molecule has 5 heterocycles. The number of anilines is 1. The Morgan fingerprint density at radius 2 is 1.53 bits per heavy atom. The lowest BCUT2D eigenvalue weighted by Crippen LogP contribution is -2.59. The molecule has 18 nitrogen and oxygen atoms in total. The van der Waals surface area contributed by atoms with Crippen molar-refractivity contribution >= 4 is 35.6 Å². The molecule has 0 aromatic heterocycles. The normalized spacial score (nSPS) is 23.0. The number of hydrogen-bond donors (Lipinski definition) is 3. The van der Waals surface area contributed by atoms with Gasteiger partial charge in [-0.05, 0) is 70.3 Å². The first-order valence-electron chi connectivity index (χ1n) is 24.1. The number of hydrogen-bond acceptors (Lipinski definition) is 14. The van der Waals surface area contributed by atoms with E-state index in [4.69, 9.17) is 34.2 Å². The standard InChI is InChI=1S/C55H54N6O12/c1-68-29-30-70-54(67)60-42-20-14-35(9-8-22-57-53(56)66)31-41(42)55(52(60)65)45(50(63)59-25-23-58(24-26-59)33-36-15-21-43-44(32-36)72-34-71-43)47-51(64)73-48(38-12-6-3-7-13-38)46(37-10-4-2-5-11-37)61(47)49(55)39-16-18-40(19-17-39)69-28-27-62/h2-7,10-21,31-32,45-49,62H,22-30,33-34H2,1H3,(H3,56,57,66). The highest BCUT2D eigenvalue weighted by Gasteiger charge is 2.76. The first-order valence-corrected chi connectivity index (χ1v) is 24.1. The van der Waals surface area contributed by atoms with Crippen molar-refractivity contribution in [1.29, 1.82) is 0 Å². The highest BCUT2D eigenvalue weighted by atomic mass is 16.7. The summed E-state index contributed by atoms with van der Waals surface area (Å²) in [6, 6.07) is 32.4. The van der Waals surface area contributed by atoms with Crippen LogP contribution in [0.4, 0.5) is 15.3 Å². The van der Waals surface area contributed by atoms with Gasteiger partial charge in [0, 0.05) is 45.4 Å². The quantitative estimate of drug-likeness (QED) is 0.0837. The Morgan fingerprint density at radius 1 is 0.808 bits per heavy atom. The molecular weight excluding hydrogens is 937 g/mol. The second kappa shape index (κ2) is 21.0. The Balaban J connectivity index is 1.18. The lowest BCUT2D eigenvalue weighted by Gasteiger charge is -2.46. The first-order chi connectivity index (χ1) is 35.6. The van der Waals surface area contributed by atoms with Gasteiger partial charge in [0.2, 0.25) is 18.6 Å². The molecular formula is C55H54N6O12. The minimum atomic E-state index is -2.06. The van der Waals surface area contributed by atoms with Gasteiger partial charge in [-0.2, -0.15) is 0 Å². The van der Waals surface area contributed by atoms with Crippen molar-refractivity contribution in [1.82, 2.24) is 20.0 Å². The fraction of sp³-hybridized carbons (Fsp3) is 0.327. The summed E-state index contributed by atoms with van der Waals surface area (Å²) in [5.74, 6) is 4.22. The number of nitrogens with zero attached hydrogens (tertiary/aromatic N) is 4. The van der Waals surface area contributed by atoms with Crippen LogP contribution in [0.15, 0.2) is 121 Å². The number of piperazine rings is 1. The van der Waals surface area contributed by atoms with Crippen LogP contribution in [0.5, 0.6) is 17.2 Å². The van der Waals surface area contributed by atoms with E-state index in [1.54, 1.807) is 47.4 Å². The molecule has 1 spiro atoms. The number of rotatable bonds is 13. The molecule has 5 aliphatic heterocycles. The van der Waals surface area contributed by atoms with Gasteiger partial charge >= 0.3 is 18.1 Å². The highest BCUT2D eigenvalue weighted by Crippen LogP contribution is 2.66. The maximum Gasteiger partial charge on any atom is 0.421 e. The number of methoxy groups -OCH3 is 1. The lowest BCUT2D eigenvalue weighted by molar-refractivity contribution is -0.179. The third-order valence-corrected chi connectivity index (χ3v) is 14.1. The summed E-state index contributed by atoms with van der Waals surface area (Å²) in [7, 11) is 1.46. The van der Waals surface area contributed by atoms with Crippen molar-refractivity contribution in [3.63, 3.8) is 0 Å². The second-order valence-electron chi connectivity index (χ2n) is 18.2. The maximum absolute atomic E-state index is 16.5. The molecule has 0 saturated carbocycles. The number of urea groups is 1. The van der Waals surface area contributed by atoms with Gasteiger partial charge in [-0.25, -0.2) is 14.5 Å².